The Hall–Kier alpha value is -2.13. The summed E-state index contributed by atoms with van der Waals surface area (Å²) in [5.74, 6) is 0. The van der Waals surface area contributed by atoms with E-state index in [1.807, 2.05) is 28.8 Å². The van der Waals surface area contributed by atoms with Gasteiger partial charge in [0.2, 0.25) is 0 Å². The molecular weight excluding hydrogens is 248 g/mol. The predicted molar refractivity (Wildman–Crippen MR) is 80.5 cm³/mol. The molecule has 0 saturated heterocycles. The number of fused-ring (bicyclic) bond motifs is 1. The summed E-state index contributed by atoms with van der Waals surface area (Å²) in [6.45, 7) is 2.99. The molecule has 0 aliphatic carbocycles. The van der Waals surface area contributed by atoms with Gasteiger partial charge in [-0.25, -0.2) is 4.98 Å². The van der Waals surface area contributed by atoms with Crippen LogP contribution in [0.5, 0.6) is 0 Å². The molecule has 0 radical (unpaired) electrons. The second-order valence-electron chi connectivity index (χ2n) is 4.98. The zero-order valence-electron chi connectivity index (χ0n) is 11.5. The number of hydrogen-bond donors (Lipinski definition) is 1. The summed E-state index contributed by atoms with van der Waals surface area (Å²) in [5.41, 5.74) is 1.78. The van der Waals surface area contributed by atoms with E-state index in [9.17, 15) is 5.11 Å². The topological polar surface area (TPSA) is 38.0 Å². The third-order valence-electron chi connectivity index (χ3n) is 3.61. The number of imidazole rings is 1. The molecule has 0 amide bonds. The Kier molecular flexibility index (Phi) is 3.52. The lowest BCUT2D eigenvalue weighted by Gasteiger charge is -2.15. The maximum atomic E-state index is 10.7. The van der Waals surface area contributed by atoms with E-state index < -0.39 is 6.10 Å². The standard InChI is InChI=1S/C17H18N2O/c1-2-10-19-12-18-11-16(19)17(20)15-9-5-7-13-6-3-4-8-14(13)15/h3-9,11-12,17,20H,2,10H2,1H3. The van der Waals surface area contributed by atoms with Crippen LogP contribution in [-0.4, -0.2) is 14.7 Å². The molecular formula is C17H18N2O. The van der Waals surface area contributed by atoms with Crippen molar-refractivity contribution in [2.75, 3.05) is 0 Å². The molecule has 1 unspecified atom stereocenters. The Labute approximate surface area is 118 Å². The summed E-state index contributed by atoms with van der Waals surface area (Å²) >= 11 is 0. The first-order valence-corrected chi connectivity index (χ1v) is 6.97. The van der Waals surface area contributed by atoms with Crippen molar-refractivity contribution in [3.63, 3.8) is 0 Å². The number of nitrogens with zero attached hydrogens (tertiary/aromatic N) is 2. The fraction of sp³-hybridized carbons (Fsp3) is 0.235. The number of hydrogen-bond acceptors (Lipinski definition) is 2. The van der Waals surface area contributed by atoms with E-state index >= 15 is 0 Å². The molecule has 1 heterocycles. The summed E-state index contributed by atoms with van der Waals surface area (Å²) in [4.78, 5) is 4.17. The summed E-state index contributed by atoms with van der Waals surface area (Å²) in [5, 5.41) is 13.0. The molecule has 3 rings (SSSR count). The number of aliphatic hydroxyl groups is 1. The van der Waals surface area contributed by atoms with Gasteiger partial charge in [-0.15, -0.1) is 0 Å². The molecule has 0 aliphatic heterocycles. The van der Waals surface area contributed by atoms with Crippen LogP contribution in [-0.2, 0) is 6.54 Å². The quantitative estimate of drug-likeness (QED) is 0.784. The predicted octanol–water partition coefficient (Wildman–Crippen LogP) is 3.53. The minimum Gasteiger partial charge on any atom is -0.382 e. The monoisotopic (exact) mass is 266 g/mol. The smallest absolute Gasteiger partial charge is 0.121 e. The minimum atomic E-state index is -0.643. The van der Waals surface area contributed by atoms with E-state index in [1.165, 1.54) is 0 Å². The van der Waals surface area contributed by atoms with Crippen LogP contribution in [0.1, 0.15) is 30.7 Å². The first-order valence-electron chi connectivity index (χ1n) is 6.97. The van der Waals surface area contributed by atoms with Crippen LogP contribution in [0.15, 0.2) is 55.0 Å². The van der Waals surface area contributed by atoms with Gasteiger partial charge in [0.25, 0.3) is 0 Å². The van der Waals surface area contributed by atoms with E-state index in [0.717, 1.165) is 35.0 Å². The third kappa shape index (κ3) is 2.21. The lowest BCUT2D eigenvalue weighted by atomic mass is 9.99. The second-order valence-corrected chi connectivity index (χ2v) is 4.98. The summed E-state index contributed by atoms with van der Waals surface area (Å²) < 4.78 is 2.02. The molecule has 3 nitrogen and oxygen atoms in total. The van der Waals surface area contributed by atoms with Gasteiger partial charge in [-0.05, 0) is 22.8 Å². The van der Waals surface area contributed by atoms with E-state index in [0.29, 0.717) is 0 Å². The zero-order valence-corrected chi connectivity index (χ0v) is 11.5. The Bertz CT molecular complexity index is 712. The highest BCUT2D eigenvalue weighted by atomic mass is 16.3. The maximum absolute atomic E-state index is 10.7. The van der Waals surface area contributed by atoms with Crippen LogP contribution in [0.2, 0.25) is 0 Å². The van der Waals surface area contributed by atoms with E-state index in [4.69, 9.17) is 0 Å². The zero-order chi connectivity index (χ0) is 13.9. The molecule has 102 valence electrons. The number of benzene rings is 2. The van der Waals surface area contributed by atoms with Gasteiger partial charge >= 0.3 is 0 Å². The SMILES string of the molecule is CCCn1cncc1C(O)c1cccc2ccccc12. The molecule has 1 atom stereocenters. The Morgan fingerprint density at radius 2 is 1.95 bits per heavy atom. The molecule has 3 heteroatoms. The fourth-order valence-electron chi connectivity index (χ4n) is 2.63. The van der Waals surface area contributed by atoms with Crippen LogP contribution in [0, 0.1) is 0 Å². The first-order chi connectivity index (χ1) is 9.81. The first kappa shape index (κ1) is 12.9. The van der Waals surface area contributed by atoms with Crippen molar-refractivity contribution >= 4 is 10.8 Å². The van der Waals surface area contributed by atoms with Crippen LogP contribution < -0.4 is 0 Å². The van der Waals surface area contributed by atoms with Gasteiger partial charge in [-0.1, -0.05) is 49.4 Å². The van der Waals surface area contributed by atoms with Gasteiger partial charge < -0.3 is 9.67 Å². The van der Waals surface area contributed by atoms with Crippen molar-refractivity contribution in [1.82, 2.24) is 9.55 Å². The van der Waals surface area contributed by atoms with Crippen molar-refractivity contribution in [3.05, 3.63) is 66.2 Å². The van der Waals surface area contributed by atoms with Crippen molar-refractivity contribution < 1.29 is 5.11 Å². The average molecular weight is 266 g/mol. The third-order valence-corrected chi connectivity index (χ3v) is 3.61. The largest absolute Gasteiger partial charge is 0.382 e. The minimum absolute atomic E-state index is 0.643. The highest BCUT2D eigenvalue weighted by Crippen LogP contribution is 2.28. The van der Waals surface area contributed by atoms with Gasteiger partial charge in [0.15, 0.2) is 0 Å². The van der Waals surface area contributed by atoms with Crippen molar-refractivity contribution in [2.45, 2.75) is 26.0 Å². The molecule has 20 heavy (non-hydrogen) atoms. The van der Waals surface area contributed by atoms with Crippen LogP contribution in [0.4, 0.5) is 0 Å². The van der Waals surface area contributed by atoms with Crippen LogP contribution in [0.3, 0.4) is 0 Å². The number of aromatic nitrogens is 2. The highest BCUT2D eigenvalue weighted by Gasteiger charge is 2.17. The van der Waals surface area contributed by atoms with Gasteiger partial charge in [0.1, 0.15) is 6.10 Å². The normalized spacial score (nSPS) is 12.7. The average Bonchev–Trinajstić information content (AvgIpc) is 2.94. The Balaban J connectivity index is 2.08. The molecule has 0 aliphatic rings. The molecule has 0 fully saturated rings. The van der Waals surface area contributed by atoms with Crippen molar-refractivity contribution in [1.29, 1.82) is 0 Å². The summed E-state index contributed by atoms with van der Waals surface area (Å²) in [6.07, 6.45) is 3.91. The van der Waals surface area contributed by atoms with Gasteiger partial charge in [0, 0.05) is 6.54 Å². The second kappa shape index (κ2) is 5.47. The van der Waals surface area contributed by atoms with Gasteiger partial charge in [-0.3, -0.25) is 0 Å². The van der Waals surface area contributed by atoms with E-state index in [1.54, 1.807) is 12.5 Å². The fourth-order valence-corrected chi connectivity index (χ4v) is 2.63. The molecule has 0 spiro atoms. The molecule has 1 N–H and O–H groups in total. The van der Waals surface area contributed by atoms with Crippen molar-refractivity contribution in [2.24, 2.45) is 0 Å². The Morgan fingerprint density at radius 1 is 1.15 bits per heavy atom. The molecule has 1 aromatic heterocycles. The van der Waals surface area contributed by atoms with Crippen LogP contribution in [0.25, 0.3) is 10.8 Å². The van der Waals surface area contributed by atoms with Crippen LogP contribution >= 0.6 is 0 Å². The summed E-state index contributed by atoms with van der Waals surface area (Å²) in [6, 6.07) is 14.2. The number of rotatable bonds is 4. The lowest BCUT2D eigenvalue weighted by Crippen LogP contribution is -2.08. The Morgan fingerprint density at radius 3 is 2.80 bits per heavy atom. The molecule has 3 aromatic rings. The van der Waals surface area contributed by atoms with Crippen molar-refractivity contribution in [3.8, 4) is 0 Å². The summed E-state index contributed by atoms with van der Waals surface area (Å²) in [7, 11) is 0. The lowest BCUT2D eigenvalue weighted by molar-refractivity contribution is 0.211. The van der Waals surface area contributed by atoms with Gasteiger partial charge in [0.05, 0.1) is 18.2 Å². The molecule has 0 bridgehead atoms. The number of aryl methyl sites for hydroxylation is 1. The molecule has 0 saturated carbocycles. The maximum Gasteiger partial charge on any atom is 0.121 e. The highest BCUT2D eigenvalue weighted by molar-refractivity contribution is 5.86. The van der Waals surface area contributed by atoms with E-state index in [-0.39, 0.29) is 0 Å². The van der Waals surface area contributed by atoms with Gasteiger partial charge in [-0.2, -0.15) is 0 Å². The van der Waals surface area contributed by atoms with E-state index in [2.05, 4.69) is 30.1 Å². The number of aliphatic hydroxyl groups excluding tert-OH is 1. The molecule has 2 aromatic carbocycles.